The van der Waals surface area contributed by atoms with Crippen molar-refractivity contribution in [3.8, 4) is 0 Å². The molecule has 0 radical (unpaired) electrons. The molecule has 0 aliphatic carbocycles. The van der Waals surface area contributed by atoms with Gasteiger partial charge in [0.25, 0.3) is 0 Å². The second-order valence-corrected chi connectivity index (χ2v) is 3.19. The topological polar surface area (TPSA) is 49.8 Å². The van der Waals surface area contributed by atoms with Gasteiger partial charge in [-0.15, -0.1) is 0 Å². The van der Waals surface area contributed by atoms with E-state index in [9.17, 15) is 4.79 Å². The Bertz CT molecular complexity index is 160. The molecule has 0 saturated carbocycles. The van der Waals surface area contributed by atoms with Crippen LogP contribution in [0.25, 0.3) is 0 Å². The van der Waals surface area contributed by atoms with Gasteiger partial charge in [-0.3, -0.25) is 4.79 Å². The van der Waals surface area contributed by atoms with Gasteiger partial charge < -0.3 is 14.7 Å². The molecule has 1 heterocycles. The molecular weight excluding hydrogens is 158 g/mol. The SMILES string of the molecule is CN1CC[C@@H](OCCC(=O)O)C1. The van der Waals surface area contributed by atoms with Gasteiger partial charge in [0.1, 0.15) is 0 Å². The quantitative estimate of drug-likeness (QED) is 0.659. The van der Waals surface area contributed by atoms with E-state index in [2.05, 4.69) is 4.90 Å². The molecule has 0 unspecified atom stereocenters. The molecule has 0 aromatic heterocycles. The number of likely N-dealkylation sites (N-methyl/N-ethyl adjacent to an activating group) is 1. The number of likely N-dealkylation sites (tertiary alicyclic amines) is 1. The lowest BCUT2D eigenvalue weighted by atomic mass is 10.3. The highest BCUT2D eigenvalue weighted by molar-refractivity contribution is 5.66. The average Bonchev–Trinajstić information content (AvgIpc) is 2.35. The summed E-state index contributed by atoms with van der Waals surface area (Å²) in [4.78, 5) is 12.3. The van der Waals surface area contributed by atoms with Crippen molar-refractivity contribution in [2.45, 2.75) is 18.9 Å². The summed E-state index contributed by atoms with van der Waals surface area (Å²) in [5, 5.41) is 8.35. The van der Waals surface area contributed by atoms with Crippen molar-refractivity contribution in [1.82, 2.24) is 4.90 Å². The maximum absolute atomic E-state index is 10.1. The van der Waals surface area contributed by atoms with Crippen molar-refractivity contribution in [2.24, 2.45) is 0 Å². The summed E-state index contributed by atoms with van der Waals surface area (Å²) in [6, 6.07) is 0. The van der Waals surface area contributed by atoms with E-state index in [0.29, 0.717) is 6.61 Å². The number of nitrogens with zero attached hydrogens (tertiary/aromatic N) is 1. The molecule has 1 rings (SSSR count). The lowest BCUT2D eigenvalue weighted by Crippen LogP contribution is -2.20. The van der Waals surface area contributed by atoms with Crippen LogP contribution in [0.3, 0.4) is 0 Å². The van der Waals surface area contributed by atoms with E-state index in [1.54, 1.807) is 0 Å². The zero-order valence-corrected chi connectivity index (χ0v) is 7.32. The largest absolute Gasteiger partial charge is 0.481 e. The smallest absolute Gasteiger partial charge is 0.305 e. The molecule has 1 N–H and O–H groups in total. The summed E-state index contributed by atoms with van der Waals surface area (Å²) in [6.07, 6.45) is 1.38. The standard InChI is InChI=1S/C8H15NO3/c1-9-4-2-7(6-9)12-5-3-8(10)11/h7H,2-6H2,1H3,(H,10,11)/t7-/m1/s1. The fraction of sp³-hybridized carbons (Fsp3) is 0.875. The van der Waals surface area contributed by atoms with E-state index in [0.717, 1.165) is 19.5 Å². The summed E-state index contributed by atoms with van der Waals surface area (Å²) in [5.41, 5.74) is 0. The summed E-state index contributed by atoms with van der Waals surface area (Å²) in [5.74, 6) is -0.790. The number of rotatable bonds is 4. The monoisotopic (exact) mass is 173 g/mol. The van der Waals surface area contributed by atoms with Crippen molar-refractivity contribution in [2.75, 3.05) is 26.7 Å². The van der Waals surface area contributed by atoms with Crippen molar-refractivity contribution in [1.29, 1.82) is 0 Å². The van der Waals surface area contributed by atoms with Crippen LogP contribution < -0.4 is 0 Å². The van der Waals surface area contributed by atoms with Crippen molar-refractivity contribution < 1.29 is 14.6 Å². The molecule has 1 aliphatic rings. The number of ether oxygens (including phenoxy) is 1. The Morgan fingerprint density at radius 2 is 2.50 bits per heavy atom. The van der Waals surface area contributed by atoms with Crippen LogP contribution in [-0.4, -0.2) is 48.8 Å². The maximum atomic E-state index is 10.1. The number of hydrogen-bond acceptors (Lipinski definition) is 3. The third kappa shape index (κ3) is 3.19. The van der Waals surface area contributed by atoms with Crippen LogP contribution in [0.2, 0.25) is 0 Å². The minimum Gasteiger partial charge on any atom is -0.481 e. The molecule has 1 aliphatic heterocycles. The van der Waals surface area contributed by atoms with E-state index in [-0.39, 0.29) is 12.5 Å². The minimum atomic E-state index is -0.790. The first-order valence-corrected chi connectivity index (χ1v) is 4.20. The van der Waals surface area contributed by atoms with Crippen LogP contribution >= 0.6 is 0 Å². The van der Waals surface area contributed by atoms with Crippen molar-refractivity contribution in [3.63, 3.8) is 0 Å². The molecule has 0 amide bonds. The zero-order chi connectivity index (χ0) is 8.97. The van der Waals surface area contributed by atoms with E-state index >= 15 is 0 Å². The van der Waals surface area contributed by atoms with Gasteiger partial charge in [0.15, 0.2) is 0 Å². The van der Waals surface area contributed by atoms with Crippen molar-refractivity contribution >= 4 is 5.97 Å². The lowest BCUT2D eigenvalue weighted by Gasteiger charge is -2.10. The van der Waals surface area contributed by atoms with Crippen LogP contribution in [-0.2, 0) is 9.53 Å². The van der Waals surface area contributed by atoms with Crippen LogP contribution in [0.5, 0.6) is 0 Å². The Kier molecular flexibility index (Phi) is 3.49. The predicted octanol–water partition coefficient (Wildman–Crippen LogP) is 0.182. The highest BCUT2D eigenvalue weighted by Crippen LogP contribution is 2.10. The molecule has 0 spiro atoms. The van der Waals surface area contributed by atoms with Crippen molar-refractivity contribution in [3.05, 3.63) is 0 Å². The van der Waals surface area contributed by atoms with Crippen LogP contribution in [0.15, 0.2) is 0 Å². The summed E-state index contributed by atoms with van der Waals surface area (Å²) < 4.78 is 5.36. The minimum absolute atomic E-state index is 0.111. The summed E-state index contributed by atoms with van der Waals surface area (Å²) >= 11 is 0. The highest BCUT2D eigenvalue weighted by atomic mass is 16.5. The Balaban J connectivity index is 2.04. The van der Waals surface area contributed by atoms with E-state index in [4.69, 9.17) is 9.84 Å². The molecule has 4 heteroatoms. The lowest BCUT2D eigenvalue weighted by molar-refractivity contribution is -0.138. The third-order valence-electron chi connectivity index (χ3n) is 2.02. The maximum Gasteiger partial charge on any atom is 0.305 e. The number of carbonyl (C=O) groups is 1. The predicted molar refractivity (Wildman–Crippen MR) is 44.1 cm³/mol. The molecule has 12 heavy (non-hydrogen) atoms. The highest BCUT2D eigenvalue weighted by Gasteiger charge is 2.19. The molecule has 1 fully saturated rings. The van der Waals surface area contributed by atoms with Gasteiger partial charge in [0.2, 0.25) is 0 Å². The normalized spacial score (nSPS) is 24.6. The number of hydrogen-bond donors (Lipinski definition) is 1. The van der Waals surface area contributed by atoms with Crippen LogP contribution in [0.1, 0.15) is 12.8 Å². The fourth-order valence-corrected chi connectivity index (χ4v) is 1.34. The fourth-order valence-electron chi connectivity index (χ4n) is 1.34. The Morgan fingerprint density at radius 3 is 3.00 bits per heavy atom. The van der Waals surface area contributed by atoms with Gasteiger partial charge in [-0.1, -0.05) is 0 Å². The number of aliphatic carboxylic acids is 1. The molecule has 0 aromatic rings. The van der Waals surface area contributed by atoms with E-state index in [1.165, 1.54) is 0 Å². The second-order valence-electron chi connectivity index (χ2n) is 3.19. The van der Waals surface area contributed by atoms with Gasteiger partial charge in [-0.05, 0) is 13.5 Å². The van der Waals surface area contributed by atoms with Gasteiger partial charge in [0.05, 0.1) is 19.1 Å². The molecule has 1 saturated heterocycles. The Morgan fingerprint density at radius 1 is 1.75 bits per heavy atom. The molecule has 0 aromatic carbocycles. The Labute approximate surface area is 72.1 Å². The van der Waals surface area contributed by atoms with Crippen LogP contribution in [0, 0.1) is 0 Å². The molecule has 4 nitrogen and oxygen atoms in total. The summed E-state index contributed by atoms with van der Waals surface area (Å²) in [6.45, 7) is 2.32. The van der Waals surface area contributed by atoms with E-state index in [1.807, 2.05) is 7.05 Å². The van der Waals surface area contributed by atoms with Gasteiger partial charge in [0, 0.05) is 13.1 Å². The first-order valence-electron chi connectivity index (χ1n) is 4.20. The number of carboxylic acids is 1. The second kappa shape index (κ2) is 4.42. The molecule has 0 bridgehead atoms. The molecular formula is C8H15NO3. The van der Waals surface area contributed by atoms with E-state index < -0.39 is 5.97 Å². The van der Waals surface area contributed by atoms with Gasteiger partial charge in [-0.2, -0.15) is 0 Å². The Hall–Kier alpha value is -0.610. The molecule has 70 valence electrons. The zero-order valence-electron chi connectivity index (χ0n) is 7.32. The van der Waals surface area contributed by atoms with Gasteiger partial charge in [-0.25, -0.2) is 0 Å². The number of carboxylic acid groups (broad SMARTS) is 1. The first kappa shape index (κ1) is 9.48. The first-order chi connectivity index (χ1) is 5.68. The molecule has 1 atom stereocenters. The average molecular weight is 173 g/mol. The van der Waals surface area contributed by atoms with Gasteiger partial charge >= 0.3 is 5.97 Å². The van der Waals surface area contributed by atoms with Crippen LogP contribution in [0.4, 0.5) is 0 Å². The summed E-state index contributed by atoms with van der Waals surface area (Å²) in [7, 11) is 2.04. The third-order valence-corrected chi connectivity index (χ3v) is 2.02.